The molecule has 11 heteroatoms. The molecule has 1 aromatic carbocycles. The Bertz CT molecular complexity index is 857. The second-order valence-corrected chi connectivity index (χ2v) is 5.07. The summed E-state index contributed by atoms with van der Waals surface area (Å²) in [6, 6.07) is 5.15. The lowest BCUT2D eigenvalue weighted by Gasteiger charge is -2.02. The summed E-state index contributed by atoms with van der Waals surface area (Å²) in [5.41, 5.74) is 0.140. The molecule has 0 amide bonds. The Hall–Kier alpha value is -2.88. The van der Waals surface area contributed by atoms with Crippen LogP contribution in [0.3, 0.4) is 0 Å². The highest BCUT2D eigenvalue weighted by molar-refractivity contribution is 7.85. The number of nitrogens with one attached hydrogen (secondary N) is 1. The van der Waals surface area contributed by atoms with Gasteiger partial charge < -0.3 is 0 Å². The van der Waals surface area contributed by atoms with E-state index >= 15 is 0 Å². The van der Waals surface area contributed by atoms with E-state index in [1.165, 1.54) is 42.2 Å². The smallest absolute Gasteiger partial charge is 0.296 e. The molecule has 0 spiro atoms. The standard InChI is InChI=1S/C10H10N4O4S.CO2/c1-11-13-9-6-12-14(10(9)15)7-2-4-8(5-3-7)19(16,17)18;2-1-3/h2-6,12H,1H3,(H,16,17,18);. The van der Waals surface area contributed by atoms with Crippen LogP contribution in [0, 0.1) is 0 Å². The van der Waals surface area contributed by atoms with Crippen LogP contribution in [0.4, 0.5) is 5.69 Å². The van der Waals surface area contributed by atoms with Crippen molar-refractivity contribution in [2.45, 2.75) is 4.90 Å². The molecule has 0 bridgehead atoms. The molecule has 10 nitrogen and oxygen atoms in total. The monoisotopic (exact) mass is 326 g/mol. The molecule has 116 valence electrons. The van der Waals surface area contributed by atoms with E-state index in [0.29, 0.717) is 5.69 Å². The predicted molar refractivity (Wildman–Crippen MR) is 71.7 cm³/mol. The number of azo groups is 1. The number of rotatable bonds is 3. The van der Waals surface area contributed by atoms with E-state index in [1.54, 1.807) is 0 Å². The van der Waals surface area contributed by atoms with Crippen molar-refractivity contribution in [3.8, 4) is 5.69 Å². The van der Waals surface area contributed by atoms with E-state index in [1.807, 2.05) is 0 Å². The molecule has 0 saturated carbocycles. The van der Waals surface area contributed by atoms with Gasteiger partial charge in [0.25, 0.3) is 15.7 Å². The van der Waals surface area contributed by atoms with Crippen LogP contribution < -0.4 is 5.56 Å². The summed E-state index contributed by atoms with van der Waals surface area (Å²) in [4.78, 5) is 27.9. The molecule has 22 heavy (non-hydrogen) atoms. The van der Waals surface area contributed by atoms with Gasteiger partial charge in [-0.1, -0.05) is 0 Å². The molecule has 0 unspecified atom stereocenters. The van der Waals surface area contributed by atoms with Crippen molar-refractivity contribution in [3.05, 3.63) is 40.8 Å². The van der Waals surface area contributed by atoms with Crippen LogP contribution in [0.2, 0.25) is 0 Å². The first-order chi connectivity index (χ1) is 10.3. The van der Waals surface area contributed by atoms with Crippen molar-refractivity contribution < 1.29 is 22.6 Å². The number of benzene rings is 1. The fourth-order valence-corrected chi connectivity index (χ4v) is 1.98. The summed E-state index contributed by atoms with van der Waals surface area (Å²) in [6.07, 6.45) is 1.63. The van der Waals surface area contributed by atoms with Gasteiger partial charge in [-0.15, -0.1) is 5.11 Å². The molecule has 1 heterocycles. The molecule has 0 saturated heterocycles. The number of hydrogen-bond acceptors (Lipinski definition) is 7. The number of aromatic amines is 1. The lowest BCUT2D eigenvalue weighted by molar-refractivity contribution is -0.191. The maximum atomic E-state index is 11.9. The van der Waals surface area contributed by atoms with Gasteiger partial charge in [0, 0.05) is 7.05 Å². The van der Waals surface area contributed by atoms with Crippen molar-refractivity contribution in [1.82, 2.24) is 9.78 Å². The summed E-state index contributed by atoms with van der Waals surface area (Å²) in [6.45, 7) is 0. The van der Waals surface area contributed by atoms with Gasteiger partial charge in [-0.25, -0.2) is 4.68 Å². The van der Waals surface area contributed by atoms with Crippen molar-refractivity contribution in [1.29, 1.82) is 0 Å². The van der Waals surface area contributed by atoms with Gasteiger partial charge in [-0.2, -0.15) is 23.1 Å². The number of carbonyl (C=O) groups excluding carboxylic acids is 2. The minimum absolute atomic E-state index is 0.140. The van der Waals surface area contributed by atoms with Crippen LogP contribution in [0.5, 0.6) is 0 Å². The average molecular weight is 326 g/mol. The van der Waals surface area contributed by atoms with E-state index < -0.39 is 15.7 Å². The number of hydrogen-bond donors (Lipinski definition) is 2. The summed E-state index contributed by atoms with van der Waals surface area (Å²) < 4.78 is 31.8. The molecule has 0 radical (unpaired) electrons. The summed E-state index contributed by atoms with van der Waals surface area (Å²) >= 11 is 0. The molecule has 2 aromatic rings. The van der Waals surface area contributed by atoms with Gasteiger partial charge in [-0.3, -0.25) is 14.4 Å². The van der Waals surface area contributed by atoms with Crippen LogP contribution >= 0.6 is 0 Å². The molecule has 0 aliphatic rings. The largest absolute Gasteiger partial charge is 0.373 e. The highest BCUT2D eigenvalue weighted by Gasteiger charge is 2.11. The Morgan fingerprint density at radius 2 is 1.77 bits per heavy atom. The van der Waals surface area contributed by atoms with E-state index in [0.717, 1.165) is 0 Å². The zero-order chi connectivity index (χ0) is 16.8. The third kappa shape index (κ3) is 4.06. The van der Waals surface area contributed by atoms with Gasteiger partial charge in [0.05, 0.1) is 16.8 Å². The minimum Gasteiger partial charge on any atom is -0.296 e. The first kappa shape index (κ1) is 17.2. The maximum absolute atomic E-state index is 11.9. The Kier molecular flexibility index (Phi) is 5.64. The quantitative estimate of drug-likeness (QED) is 0.620. The van der Waals surface area contributed by atoms with Gasteiger partial charge in [0.15, 0.2) is 5.69 Å². The van der Waals surface area contributed by atoms with E-state index in [4.69, 9.17) is 14.1 Å². The van der Waals surface area contributed by atoms with E-state index in [9.17, 15) is 13.2 Å². The third-order valence-electron chi connectivity index (χ3n) is 2.35. The normalized spacial score (nSPS) is 10.8. The second kappa shape index (κ2) is 7.22. The van der Waals surface area contributed by atoms with Gasteiger partial charge >= 0.3 is 6.15 Å². The molecule has 0 atom stereocenters. The van der Waals surface area contributed by atoms with Crippen LogP contribution in [0.1, 0.15) is 0 Å². The molecule has 0 fully saturated rings. The average Bonchev–Trinajstić information content (AvgIpc) is 2.81. The number of aromatic nitrogens is 2. The zero-order valence-electron chi connectivity index (χ0n) is 11.1. The molecule has 0 aliphatic carbocycles. The van der Waals surface area contributed by atoms with Crippen LogP contribution in [-0.2, 0) is 19.7 Å². The SMILES string of the molecule is CN=Nc1c[nH]n(-c2ccc(S(=O)(=O)O)cc2)c1=O.O=C=O. The lowest BCUT2D eigenvalue weighted by atomic mass is 10.3. The highest BCUT2D eigenvalue weighted by atomic mass is 32.2. The summed E-state index contributed by atoms with van der Waals surface area (Å²) in [7, 11) is -2.80. The topological polar surface area (TPSA) is 151 Å². The van der Waals surface area contributed by atoms with Gasteiger partial charge in [0.1, 0.15) is 0 Å². The molecule has 2 N–H and O–H groups in total. The van der Waals surface area contributed by atoms with E-state index in [-0.39, 0.29) is 16.7 Å². The zero-order valence-corrected chi connectivity index (χ0v) is 11.9. The molecule has 2 rings (SSSR count). The number of H-pyrrole nitrogens is 1. The van der Waals surface area contributed by atoms with Crippen LogP contribution in [-0.4, -0.2) is 36.0 Å². The van der Waals surface area contributed by atoms with Crippen molar-refractivity contribution >= 4 is 22.0 Å². The Labute approximate surface area is 123 Å². The molecular formula is C11H10N4O6S. The second-order valence-electron chi connectivity index (χ2n) is 3.65. The maximum Gasteiger partial charge on any atom is 0.373 e. The van der Waals surface area contributed by atoms with Crippen molar-refractivity contribution in [2.75, 3.05) is 7.05 Å². The first-order valence-corrected chi connectivity index (χ1v) is 6.96. The predicted octanol–water partition coefficient (Wildman–Crippen LogP) is 0.542. The highest BCUT2D eigenvalue weighted by Crippen LogP contribution is 2.13. The first-order valence-electron chi connectivity index (χ1n) is 5.52. The Morgan fingerprint density at radius 1 is 1.23 bits per heavy atom. The van der Waals surface area contributed by atoms with Crippen LogP contribution in [0.25, 0.3) is 5.69 Å². The Morgan fingerprint density at radius 3 is 2.23 bits per heavy atom. The Balaban J connectivity index is 0.000000745. The van der Waals surface area contributed by atoms with Gasteiger partial charge in [-0.05, 0) is 24.3 Å². The molecule has 1 aromatic heterocycles. The summed E-state index contributed by atoms with van der Waals surface area (Å²) in [5, 5.41) is 9.80. The minimum atomic E-state index is -4.25. The van der Waals surface area contributed by atoms with E-state index in [2.05, 4.69) is 15.3 Å². The van der Waals surface area contributed by atoms with Gasteiger partial charge in [0.2, 0.25) is 0 Å². The molecule has 0 aliphatic heterocycles. The van der Waals surface area contributed by atoms with Crippen molar-refractivity contribution in [2.24, 2.45) is 10.2 Å². The number of nitrogens with zero attached hydrogens (tertiary/aromatic N) is 3. The third-order valence-corrected chi connectivity index (χ3v) is 3.22. The van der Waals surface area contributed by atoms with Crippen LogP contribution in [0.15, 0.2) is 50.4 Å². The van der Waals surface area contributed by atoms with Crippen molar-refractivity contribution in [3.63, 3.8) is 0 Å². The summed E-state index contributed by atoms with van der Waals surface area (Å²) in [5.74, 6) is 0. The fourth-order valence-electron chi connectivity index (χ4n) is 1.50. The molecular weight excluding hydrogens is 316 g/mol. The lowest BCUT2D eigenvalue weighted by Crippen LogP contribution is -2.14. The fraction of sp³-hybridized carbons (Fsp3) is 0.0909.